The first-order valence-corrected chi connectivity index (χ1v) is 14.1. The molecule has 1 aromatic heterocycles. The molecule has 0 spiro atoms. The molecular weight excluding hydrogens is 498 g/mol. The molecule has 0 aliphatic carbocycles. The predicted octanol–water partition coefficient (Wildman–Crippen LogP) is 3.63. The molecule has 2 heterocycles. The first-order valence-electron chi connectivity index (χ1n) is 14.1. The average Bonchev–Trinajstić information content (AvgIpc) is 3.30. The number of benzene rings is 1. The van der Waals surface area contributed by atoms with Gasteiger partial charge in [-0.2, -0.15) is 5.26 Å². The highest BCUT2D eigenvalue weighted by molar-refractivity contribution is 6.04. The lowest BCUT2D eigenvalue weighted by molar-refractivity contribution is -0.118. The lowest BCUT2D eigenvalue weighted by atomic mass is 9.99. The summed E-state index contributed by atoms with van der Waals surface area (Å²) in [5.74, 6) is -0.439. The second-order valence-corrected chi connectivity index (χ2v) is 10.6. The van der Waals surface area contributed by atoms with Gasteiger partial charge in [-0.3, -0.25) is 4.79 Å². The Labute approximate surface area is 240 Å². The summed E-state index contributed by atoms with van der Waals surface area (Å²) >= 11 is 0. The van der Waals surface area contributed by atoms with Crippen molar-refractivity contribution in [2.75, 3.05) is 39.8 Å². The van der Waals surface area contributed by atoms with Crippen LogP contribution in [-0.4, -0.2) is 70.8 Å². The highest BCUT2D eigenvalue weighted by Gasteiger charge is 2.24. The first kappa shape index (κ1) is 32.6. The number of allylic oxidation sites excluding steroid dienone is 3. The van der Waals surface area contributed by atoms with E-state index in [2.05, 4.69) is 72.1 Å². The molecule has 0 saturated carbocycles. The van der Waals surface area contributed by atoms with Crippen molar-refractivity contribution in [2.45, 2.75) is 53.5 Å². The average molecular weight is 546 g/mol. The van der Waals surface area contributed by atoms with E-state index >= 15 is 0 Å². The summed E-state index contributed by atoms with van der Waals surface area (Å²) < 4.78 is 2.00. The molecule has 1 fully saturated rings. The van der Waals surface area contributed by atoms with Crippen molar-refractivity contribution in [3.8, 4) is 17.3 Å². The van der Waals surface area contributed by atoms with Gasteiger partial charge in [-0.1, -0.05) is 38.6 Å². The Morgan fingerprint density at radius 2 is 1.80 bits per heavy atom. The second kappa shape index (κ2) is 14.7. The SMILES string of the molecule is C=c1cc(-c2ccc(/C(C)=C(\C#N)C(=O)NC(C)(C)CCO)n2C)cc/c1=C/C(=C\C)N1CCN(C)CC1.CC. The third kappa shape index (κ3) is 7.97. The fraction of sp³-hybridized carbons (Fsp3) is 0.455. The molecule has 2 aromatic rings. The van der Waals surface area contributed by atoms with Gasteiger partial charge in [0.2, 0.25) is 0 Å². The zero-order valence-corrected chi connectivity index (χ0v) is 25.6. The van der Waals surface area contributed by atoms with Gasteiger partial charge in [-0.05, 0) is 87.0 Å². The Bertz CT molecular complexity index is 1380. The molecule has 3 rings (SSSR count). The molecule has 7 heteroatoms. The number of hydrogen-bond donors (Lipinski definition) is 2. The molecule has 0 atom stereocenters. The maximum absolute atomic E-state index is 12.9. The molecule has 1 aromatic carbocycles. The van der Waals surface area contributed by atoms with Gasteiger partial charge in [0, 0.05) is 62.5 Å². The van der Waals surface area contributed by atoms with Crippen LogP contribution in [0.1, 0.15) is 53.7 Å². The summed E-state index contributed by atoms with van der Waals surface area (Å²) in [6, 6.07) is 12.3. The summed E-state index contributed by atoms with van der Waals surface area (Å²) in [4.78, 5) is 17.7. The Balaban J connectivity index is 0.00000274. The largest absolute Gasteiger partial charge is 0.396 e. The van der Waals surface area contributed by atoms with Gasteiger partial charge in [0.25, 0.3) is 5.91 Å². The molecule has 1 saturated heterocycles. The molecular formula is C33H47N5O2. The van der Waals surface area contributed by atoms with E-state index in [1.54, 1.807) is 6.92 Å². The van der Waals surface area contributed by atoms with Crippen LogP contribution in [-0.2, 0) is 11.8 Å². The quantitative estimate of drug-likeness (QED) is 0.391. The van der Waals surface area contributed by atoms with Gasteiger partial charge in [0.15, 0.2) is 0 Å². The minimum absolute atomic E-state index is 0.0459. The number of aromatic nitrogens is 1. The predicted molar refractivity (Wildman–Crippen MR) is 166 cm³/mol. The molecule has 0 bridgehead atoms. The van der Waals surface area contributed by atoms with Crippen LogP contribution in [0.15, 0.2) is 47.7 Å². The van der Waals surface area contributed by atoms with Gasteiger partial charge in [0.1, 0.15) is 11.6 Å². The third-order valence-corrected chi connectivity index (χ3v) is 7.31. The van der Waals surface area contributed by atoms with Crippen molar-refractivity contribution in [1.29, 1.82) is 5.26 Å². The molecule has 1 aliphatic rings. The first-order chi connectivity index (χ1) is 19.0. The number of amides is 1. The number of nitrogens with one attached hydrogen (secondary N) is 1. The lowest BCUT2D eigenvalue weighted by Crippen LogP contribution is -2.44. The highest BCUT2D eigenvalue weighted by Crippen LogP contribution is 2.26. The zero-order valence-electron chi connectivity index (χ0n) is 25.6. The fourth-order valence-corrected chi connectivity index (χ4v) is 4.81. The summed E-state index contributed by atoms with van der Waals surface area (Å²) in [6.45, 7) is 19.9. The van der Waals surface area contributed by atoms with E-state index in [0.29, 0.717) is 12.0 Å². The standard InChI is InChI=1S/C31H41N5O2.C2H6/c1-8-26(36-16-14-34(6)15-17-36)20-24-9-10-25(19-22(24)2)29-12-11-28(35(29)7)23(3)27(21-32)30(38)33-31(4,5)13-18-37;1-2/h8-12,19-20,37H,2,13-18H2,1,3-7H3,(H,33,38);1-2H3/b24-20-,26-8+,27-23+;. The third-order valence-electron chi connectivity index (χ3n) is 7.31. The van der Waals surface area contributed by atoms with Gasteiger partial charge in [-0.15, -0.1) is 0 Å². The van der Waals surface area contributed by atoms with E-state index in [9.17, 15) is 15.2 Å². The topological polar surface area (TPSA) is 84.5 Å². The van der Waals surface area contributed by atoms with Gasteiger partial charge in [0.05, 0.1) is 0 Å². The number of hydrogen-bond acceptors (Lipinski definition) is 5. The van der Waals surface area contributed by atoms with Crippen LogP contribution >= 0.6 is 0 Å². The van der Waals surface area contributed by atoms with E-state index in [-0.39, 0.29) is 12.2 Å². The number of aliphatic hydroxyl groups is 1. The normalized spacial score (nSPS) is 15.7. The van der Waals surface area contributed by atoms with E-state index in [0.717, 1.165) is 53.6 Å². The summed E-state index contributed by atoms with van der Waals surface area (Å²) in [6.07, 6.45) is 4.76. The number of aliphatic hydroxyl groups excluding tert-OH is 1. The van der Waals surface area contributed by atoms with Crippen molar-refractivity contribution in [2.24, 2.45) is 7.05 Å². The Kier molecular flexibility index (Phi) is 12.0. The van der Waals surface area contributed by atoms with Crippen LogP contribution in [0.3, 0.4) is 0 Å². The fourth-order valence-electron chi connectivity index (χ4n) is 4.81. The van der Waals surface area contributed by atoms with Crippen LogP contribution < -0.4 is 15.8 Å². The molecule has 7 nitrogen and oxygen atoms in total. The molecule has 216 valence electrons. The van der Waals surface area contributed by atoms with Crippen molar-refractivity contribution < 1.29 is 9.90 Å². The number of nitriles is 1. The van der Waals surface area contributed by atoms with Gasteiger partial charge in [-0.25, -0.2) is 0 Å². The van der Waals surface area contributed by atoms with Crippen LogP contribution in [0.5, 0.6) is 0 Å². The van der Waals surface area contributed by atoms with Crippen molar-refractivity contribution in [1.82, 2.24) is 19.7 Å². The maximum atomic E-state index is 12.9. The van der Waals surface area contributed by atoms with Crippen molar-refractivity contribution in [3.05, 3.63) is 63.8 Å². The molecule has 40 heavy (non-hydrogen) atoms. The molecule has 0 radical (unpaired) electrons. The van der Waals surface area contributed by atoms with Gasteiger partial charge >= 0.3 is 0 Å². The Morgan fingerprint density at radius 3 is 2.35 bits per heavy atom. The number of nitrogens with zero attached hydrogens (tertiary/aromatic N) is 4. The van der Waals surface area contributed by atoms with Crippen LogP contribution in [0.2, 0.25) is 0 Å². The minimum Gasteiger partial charge on any atom is -0.396 e. The smallest absolute Gasteiger partial charge is 0.262 e. The summed E-state index contributed by atoms with van der Waals surface area (Å²) in [5.41, 5.74) is 4.04. The van der Waals surface area contributed by atoms with Crippen LogP contribution in [0.25, 0.3) is 29.5 Å². The van der Waals surface area contributed by atoms with E-state index < -0.39 is 11.4 Å². The number of piperazine rings is 1. The summed E-state index contributed by atoms with van der Waals surface area (Å²) in [7, 11) is 4.09. The number of rotatable bonds is 8. The van der Waals surface area contributed by atoms with E-state index in [1.165, 1.54) is 5.70 Å². The Hall–Kier alpha value is -3.60. The molecule has 1 amide bonds. The minimum atomic E-state index is -0.617. The Morgan fingerprint density at radius 1 is 1.15 bits per heavy atom. The van der Waals surface area contributed by atoms with Crippen molar-refractivity contribution >= 4 is 24.1 Å². The lowest BCUT2D eigenvalue weighted by Gasteiger charge is -2.34. The highest BCUT2D eigenvalue weighted by atomic mass is 16.3. The van der Waals surface area contributed by atoms with Crippen LogP contribution in [0.4, 0.5) is 0 Å². The number of carbonyl (C=O) groups excluding carboxylic acids is 1. The molecule has 1 aliphatic heterocycles. The van der Waals surface area contributed by atoms with E-state index in [1.807, 2.05) is 51.4 Å². The van der Waals surface area contributed by atoms with Crippen LogP contribution in [0, 0.1) is 11.3 Å². The molecule has 2 N–H and O–H groups in total. The van der Waals surface area contributed by atoms with Gasteiger partial charge < -0.3 is 24.8 Å². The second-order valence-electron chi connectivity index (χ2n) is 10.6. The maximum Gasteiger partial charge on any atom is 0.262 e. The summed E-state index contributed by atoms with van der Waals surface area (Å²) in [5, 5.41) is 23.9. The number of carbonyl (C=O) groups is 1. The zero-order chi connectivity index (χ0) is 30.0. The monoisotopic (exact) mass is 545 g/mol. The molecule has 0 unspecified atom stereocenters. The van der Waals surface area contributed by atoms with Crippen molar-refractivity contribution in [3.63, 3.8) is 0 Å². The number of likely N-dealkylation sites (N-methyl/N-ethyl adjacent to an activating group) is 1. The van der Waals surface area contributed by atoms with E-state index in [4.69, 9.17) is 0 Å².